The lowest BCUT2D eigenvalue weighted by Gasteiger charge is -2.17. The third-order valence-corrected chi connectivity index (χ3v) is 6.88. The molecule has 0 aromatic heterocycles. The van der Waals surface area contributed by atoms with E-state index in [9.17, 15) is 14.4 Å². The number of nitrogens with one attached hydrogen (secondary N) is 2. The van der Waals surface area contributed by atoms with E-state index in [2.05, 4.69) is 34.9 Å². The molecule has 3 N–H and O–H groups in total. The van der Waals surface area contributed by atoms with Gasteiger partial charge in [-0.1, -0.05) is 48.5 Å². The smallest absolute Gasteiger partial charge is 0.407 e. The second kappa shape index (κ2) is 10.7. The molecule has 1 saturated carbocycles. The van der Waals surface area contributed by atoms with Gasteiger partial charge in [0.05, 0.1) is 0 Å². The van der Waals surface area contributed by atoms with Crippen molar-refractivity contribution in [1.29, 1.82) is 0 Å². The third kappa shape index (κ3) is 5.76. The first-order chi connectivity index (χ1) is 16.4. The van der Waals surface area contributed by atoms with Crippen LogP contribution in [0, 0.1) is 5.92 Å². The van der Waals surface area contributed by atoms with Crippen LogP contribution in [0.3, 0.4) is 0 Å². The molecule has 3 atom stereocenters. The van der Waals surface area contributed by atoms with E-state index in [1.807, 2.05) is 31.2 Å². The number of carboxylic acids is 1. The van der Waals surface area contributed by atoms with E-state index in [4.69, 9.17) is 9.84 Å². The molecule has 4 rings (SSSR count). The van der Waals surface area contributed by atoms with Gasteiger partial charge in [-0.15, -0.1) is 0 Å². The summed E-state index contributed by atoms with van der Waals surface area (Å²) in [5, 5.41) is 14.6. The minimum atomic E-state index is -0.862. The Morgan fingerprint density at radius 2 is 1.68 bits per heavy atom. The van der Waals surface area contributed by atoms with Crippen molar-refractivity contribution in [2.75, 3.05) is 6.61 Å². The number of carbonyl (C=O) groups excluding carboxylic acids is 2. The van der Waals surface area contributed by atoms with Crippen molar-refractivity contribution in [3.63, 3.8) is 0 Å². The van der Waals surface area contributed by atoms with Crippen LogP contribution in [0.4, 0.5) is 4.79 Å². The molecule has 0 heterocycles. The fraction of sp³-hybridized carbons (Fsp3) is 0.444. The van der Waals surface area contributed by atoms with Crippen LogP contribution in [0.5, 0.6) is 0 Å². The molecule has 2 amide bonds. The zero-order valence-corrected chi connectivity index (χ0v) is 19.5. The standard InChI is InChI=1S/C27H32N2O5/c1-17(10-13-26(31)32)28-25(30)15-18-11-12-19(14-18)29-27(33)34-16-24-22-8-4-2-6-20(22)21-7-3-5-9-23(21)24/h2-9,17-19,24H,10-16H2,1H3,(H,28,30)(H,29,33)(H,31,32). The highest BCUT2D eigenvalue weighted by molar-refractivity contribution is 5.79. The lowest BCUT2D eigenvalue weighted by molar-refractivity contribution is -0.137. The Labute approximate surface area is 199 Å². The van der Waals surface area contributed by atoms with Gasteiger partial charge in [-0.3, -0.25) is 9.59 Å². The monoisotopic (exact) mass is 464 g/mol. The predicted molar refractivity (Wildman–Crippen MR) is 128 cm³/mol. The minimum Gasteiger partial charge on any atom is -0.481 e. The van der Waals surface area contributed by atoms with Crippen LogP contribution in [-0.4, -0.2) is 41.8 Å². The molecule has 7 heteroatoms. The number of amides is 2. The number of benzene rings is 2. The van der Waals surface area contributed by atoms with E-state index in [1.165, 1.54) is 22.3 Å². The van der Waals surface area contributed by atoms with E-state index >= 15 is 0 Å². The molecule has 2 aromatic carbocycles. The largest absolute Gasteiger partial charge is 0.481 e. The number of carbonyl (C=O) groups is 3. The van der Waals surface area contributed by atoms with Gasteiger partial charge in [-0.05, 0) is 60.8 Å². The number of fused-ring (bicyclic) bond motifs is 3. The van der Waals surface area contributed by atoms with Gasteiger partial charge in [0.25, 0.3) is 0 Å². The summed E-state index contributed by atoms with van der Waals surface area (Å²) in [5.41, 5.74) is 4.75. The zero-order chi connectivity index (χ0) is 24.1. The van der Waals surface area contributed by atoms with Crippen molar-refractivity contribution >= 4 is 18.0 Å². The van der Waals surface area contributed by atoms with Gasteiger partial charge in [0.2, 0.25) is 5.91 Å². The number of carboxylic acid groups (broad SMARTS) is 1. The Balaban J connectivity index is 1.22. The molecule has 1 fully saturated rings. The maximum Gasteiger partial charge on any atom is 0.407 e. The molecule has 0 bridgehead atoms. The molecule has 34 heavy (non-hydrogen) atoms. The lowest BCUT2D eigenvalue weighted by Crippen LogP contribution is -2.35. The van der Waals surface area contributed by atoms with Gasteiger partial charge in [0.1, 0.15) is 6.61 Å². The van der Waals surface area contributed by atoms with Crippen molar-refractivity contribution in [2.24, 2.45) is 5.92 Å². The fourth-order valence-electron chi connectivity index (χ4n) is 5.21. The normalized spacial score (nSPS) is 19.7. The molecule has 0 aliphatic heterocycles. The molecule has 0 radical (unpaired) electrons. The highest BCUT2D eigenvalue weighted by Crippen LogP contribution is 2.44. The molecule has 3 unspecified atom stereocenters. The number of hydrogen-bond donors (Lipinski definition) is 3. The van der Waals surface area contributed by atoms with E-state index in [0.29, 0.717) is 12.8 Å². The van der Waals surface area contributed by atoms with Crippen molar-refractivity contribution in [3.05, 3.63) is 59.7 Å². The highest BCUT2D eigenvalue weighted by atomic mass is 16.5. The summed E-state index contributed by atoms with van der Waals surface area (Å²) in [6.07, 6.45) is 2.84. The molecule has 7 nitrogen and oxygen atoms in total. The first kappa shape index (κ1) is 23.8. The lowest BCUT2D eigenvalue weighted by atomic mass is 9.98. The van der Waals surface area contributed by atoms with Crippen LogP contribution in [0.1, 0.15) is 62.5 Å². The number of hydrogen-bond acceptors (Lipinski definition) is 4. The van der Waals surface area contributed by atoms with Crippen LogP contribution in [0.2, 0.25) is 0 Å². The number of ether oxygens (including phenoxy) is 1. The summed E-state index contributed by atoms with van der Waals surface area (Å²) < 4.78 is 5.64. The zero-order valence-electron chi connectivity index (χ0n) is 19.5. The highest BCUT2D eigenvalue weighted by Gasteiger charge is 2.31. The van der Waals surface area contributed by atoms with E-state index in [0.717, 1.165) is 19.3 Å². The second-order valence-corrected chi connectivity index (χ2v) is 9.45. The van der Waals surface area contributed by atoms with Crippen LogP contribution in [0.25, 0.3) is 11.1 Å². The quantitative estimate of drug-likeness (QED) is 0.508. The van der Waals surface area contributed by atoms with Gasteiger partial charge in [-0.2, -0.15) is 0 Å². The Kier molecular flexibility index (Phi) is 7.50. The topological polar surface area (TPSA) is 105 Å². The Morgan fingerprint density at radius 3 is 2.32 bits per heavy atom. The van der Waals surface area contributed by atoms with Crippen LogP contribution in [-0.2, 0) is 14.3 Å². The van der Waals surface area contributed by atoms with Gasteiger partial charge in [0, 0.05) is 30.8 Å². The van der Waals surface area contributed by atoms with Gasteiger partial charge in [0.15, 0.2) is 0 Å². The molecule has 180 valence electrons. The van der Waals surface area contributed by atoms with Gasteiger partial charge < -0.3 is 20.5 Å². The summed E-state index contributed by atoms with van der Waals surface area (Å²) >= 11 is 0. The second-order valence-electron chi connectivity index (χ2n) is 9.45. The summed E-state index contributed by atoms with van der Waals surface area (Å²) in [7, 11) is 0. The molecular formula is C27H32N2O5. The van der Waals surface area contributed by atoms with E-state index < -0.39 is 12.1 Å². The maximum atomic E-state index is 12.5. The first-order valence-electron chi connectivity index (χ1n) is 12.0. The van der Waals surface area contributed by atoms with Crippen molar-refractivity contribution in [3.8, 4) is 11.1 Å². The summed E-state index contributed by atoms with van der Waals surface area (Å²) in [4.78, 5) is 35.4. The fourth-order valence-corrected chi connectivity index (χ4v) is 5.21. The summed E-state index contributed by atoms with van der Waals surface area (Å²) in [6, 6.07) is 16.3. The Bertz CT molecular complexity index is 1010. The average molecular weight is 465 g/mol. The molecule has 0 saturated heterocycles. The van der Waals surface area contributed by atoms with Gasteiger partial charge in [-0.25, -0.2) is 4.79 Å². The number of alkyl carbamates (subject to hydrolysis) is 1. The van der Waals surface area contributed by atoms with Crippen LogP contribution >= 0.6 is 0 Å². The third-order valence-electron chi connectivity index (χ3n) is 6.88. The predicted octanol–water partition coefficient (Wildman–Crippen LogP) is 4.45. The van der Waals surface area contributed by atoms with Crippen LogP contribution < -0.4 is 10.6 Å². The van der Waals surface area contributed by atoms with Crippen molar-refractivity contribution in [1.82, 2.24) is 10.6 Å². The Hall–Kier alpha value is -3.35. The van der Waals surface area contributed by atoms with E-state index in [-0.39, 0.29) is 42.9 Å². The molecule has 2 aromatic rings. The molecule has 2 aliphatic rings. The maximum absolute atomic E-state index is 12.5. The van der Waals surface area contributed by atoms with E-state index in [1.54, 1.807) is 0 Å². The van der Waals surface area contributed by atoms with Crippen molar-refractivity contribution in [2.45, 2.75) is 63.5 Å². The Morgan fingerprint density at radius 1 is 1.03 bits per heavy atom. The number of aliphatic carboxylic acids is 1. The van der Waals surface area contributed by atoms with Gasteiger partial charge >= 0.3 is 12.1 Å². The molecular weight excluding hydrogens is 432 g/mol. The van der Waals surface area contributed by atoms with Crippen molar-refractivity contribution < 1.29 is 24.2 Å². The molecule has 2 aliphatic carbocycles. The number of rotatable bonds is 9. The summed E-state index contributed by atoms with van der Waals surface area (Å²) in [5.74, 6) is -0.699. The molecule has 0 spiro atoms. The average Bonchev–Trinajstić information content (AvgIpc) is 3.38. The minimum absolute atomic E-state index is 0.00196. The SMILES string of the molecule is CC(CCC(=O)O)NC(=O)CC1CCC(NC(=O)OCC2c3ccccc3-c3ccccc32)C1. The first-order valence-corrected chi connectivity index (χ1v) is 12.0. The summed E-state index contributed by atoms with van der Waals surface area (Å²) in [6.45, 7) is 2.10. The van der Waals surface area contributed by atoms with Crippen LogP contribution in [0.15, 0.2) is 48.5 Å².